The van der Waals surface area contributed by atoms with Crippen LogP contribution in [0.1, 0.15) is 26.7 Å². The first kappa shape index (κ1) is 8.97. The quantitative estimate of drug-likeness (QED) is 0.615. The van der Waals surface area contributed by atoms with Crippen molar-refractivity contribution in [2.75, 3.05) is 6.61 Å². The second-order valence-corrected chi connectivity index (χ2v) is 4.56. The summed E-state index contributed by atoms with van der Waals surface area (Å²) in [4.78, 5) is 10.8. The molecule has 0 aromatic carbocycles. The van der Waals surface area contributed by atoms with Crippen molar-refractivity contribution >= 4 is 5.97 Å². The number of aliphatic carboxylic acids is 1. The molecule has 1 spiro atoms. The maximum atomic E-state index is 10.8. The summed E-state index contributed by atoms with van der Waals surface area (Å²) in [5.74, 6) is -0.886. The van der Waals surface area contributed by atoms with Crippen LogP contribution in [0.25, 0.3) is 0 Å². The lowest BCUT2D eigenvalue weighted by atomic mass is 9.86. The van der Waals surface area contributed by atoms with E-state index in [9.17, 15) is 4.79 Å². The predicted octanol–water partition coefficient (Wildman–Crippen LogP) is 0.798. The lowest BCUT2D eigenvalue weighted by Crippen LogP contribution is -2.46. The molecule has 0 amide bonds. The number of carboxylic acid groups (broad SMARTS) is 1. The van der Waals surface area contributed by atoms with E-state index < -0.39 is 12.1 Å². The summed E-state index contributed by atoms with van der Waals surface area (Å²) in [6, 6.07) is 0. The molecule has 2 aliphatic rings. The van der Waals surface area contributed by atoms with E-state index in [-0.39, 0.29) is 11.2 Å². The van der Waals surface area contributed by atoms with Crippen LogP contribution in [0.15, 0.2) is 0 Å². The number of rotatable bonds is 1. The van der Waals surface area contributed by atoms with Gasteiger partial charge in [-0.3, -0.25) is 0 Å². The summed E-state index contributed by atoms with van der Waals surface area (Å²) >= 11 is 0. The fourth-order valence-electron chi connectivity index (χ4n) is 2.11. The molecule has 4 heteroatoms. The largest absolute Gasteiger partial charge is 0.479 e. The number of carboxylic acids is 1. The normalized spacial score (nSPS) is 41.8. The maximum Gasteiger partial charge on any atom is 0.332 e. The third-order valence-electron chi connectivity index (χ3n) is 2.59. The van der Waals surface area contributed by atoms with Crippen LogP contribution in [-0.2, 0) is 14.3 Å². The summed E-state index contributed by atoms with van der Waals surface area (Å²) in [7, 11) is 0. The molecule has 2 rings (SSSR count). The van der Waals surface area contributed by atoms with E-state index in [0.717, 1.165) is 6.42 Å². The molecule has 13 heavy (non-hydrogen) atoms. The zero-order valence-electron chi connectivity index (χ0n) is 7.87. The number of ether oxygens (including phenoxy) is 2. The molecule has 0 radical (unpaired) electrons. The first-order valence-electron chi connectivity index (χ1n) is 4.47. The molecule has 2 fully saturated rings. The Morgan fingerprint density at radius 1 is 1.54 bits per heavy atom. The molecule has 2 atom stereocenters. The molecule has 2 heterocycles. The lowest BCUT2D eigenvalue weighted by molar-refractivity contribution is -0.176. The van der Waals surface area contributed by atoms with E-state index in [4.69, 9.17) is 14.6 Å². The van der Waals surface area contributed by atoms with Gasteiger partial charge in [0.15, 0.2) is 6.10 Å². The van der Waals surface area contributed by atoms with Crippen LogP contribution >= 0.6 is 0 Å². The van der Waals surface area contributed by atoms with Crippen molar-refractivity contribution < 1.29 is 19.4 Å². The Labute approximate surface area is 76.8 Å². The first-order valence-corrected chi connectivity index (χ1v) is 4.47. The van der Waals surface area contributed by atoms with Crippen LogP contribution in [-0.4, -0.2) is 35.0 Å². The van der Waals surface area contributed by atoms with Crippen molar-refractivity contribution in [2.24, 2.45) is 0 Å². The van der Waals surface area contributed by atoms with Gasteiger partial charge in [-0.2, -0.15) is 0 Å². The molecule has 0 aromatic rings. The minimum Gasteiger partial charge on any atom is -0.479 e. The van der Waals surface area contributed by atoms with E-state index in [1.165, 1.54) is 0 Å². The van der Waals surface area contributed by atoms with Crippen LogP contribution in [0.2, 0.25) is 0 Å². The van der Waals surface area contributed by atoms with Crippen LogP contribution in [0.4, 0.5) is 0 Å². The summed E-state index contributed by atoms with van der Waals surface area (Å²) in [6.45, 7) is 4.50. The molecule has 0 aromatic heterocycles. The molecule has 0 bridgehead atoms. The highest BCUT2D eigenvalue weighted by Crippen LogP contribution is 2.45. The molecule has 1 N–H and O–H groups in total. The van der Waals surface area contributed by atoms with Crippen molar-refractivity contribution in [1.29, 1.82) is 0 Å². The van der Waals surface area contributed by atoms with Gasteiger partial charge in [0, 0.05) is 12.8 Å². The summed E-state index contributed by atoms with van der Waals surface area (Å²) in [5, 5.41) is 8.85. The maximum absolute atomic E-state index is 10.8. The number of carbonyl (C=O) groups is 1. The van der Waals surface area contributed by atoms with Crippen LogP contribution in [0.5, 0.6) is 0 Å². The first-order chi connectivity index (χ1) is 5.93. The van der Waals surface area contributed by atoms with Crippen LogP contribution in [0.3, 0.4) is 0 Å². The fraction of sp³-hybridized carbons (Fsp3) is 0.889. The predicted molar refractivity (Wildman–Crippen MR) is 44.5 cm³/mol. The zero-order valence-corrected chi connectivity index (χ0v) is 7.87. The van der Waals surface area contributed by atoms with E-state index in [1.54, 1.807) is 0 Å². The molecular weight excluding hydrogens is 172 g/mol. The number of hydrogen-bond donors (Lipinski definition) is 1. The molecule has 2 saturated heterocycles. The van der Waals surface area contributed by atoms with Gasteiger partial charge in [0.05, 0.1) is 17.8 Å². The fourth-order valence-corrected chi connectivity index (χ4v) is 2.11. The number of epoxide rings is 1. The second kappa shape index (κ2) is 2.45. The molecule has 0 saturated carbocycles. The zero-order chi connectivity index (χ0) is 9.69. The van der Waals surface area contributed by atoms with Gasteiger partial charge < -0.3 is 14.6 Å². The summed E-state index contributed by atoms with van der Waals surface area (Å²) < 4.78 is 10.7. The third kappa shape index (κ3) is 1.69. The summed E-state index contributed by atoms with van der Waals surface area (Å²) in [6.07, 6.45) is 0.585. The van der Waals surface area contributed by atoms with Gasteiger partial charge in [-0.15, -0.1) is 0 Å². The van der Waals surface area contributed by atoms with Crippen LogP contribution in [0, 0.1) is 0 Å². The monoisotopic (exact) mass is 186 g/mol. The van der Waals surface area contributed by atoms with Crippen molar-refractivity contribution in [3.8, 4) is 0 Å². The van der Waals surface area contributed by atoms with Crippen molar-refractivity contribution in [3.63, 3.8) is 0 Å². The minimum absolute atomic E-state index is 0.190. The molecular formula is C9H14O4. The Morgan fingerprint density at radius 2 is 2.15 bits per heavy atom. The van der Waals surface area contributed by atoms with E-state index in [2.05, 4.69) is 0 Å². The standard InChI is InChI=1S/C9H14O4/c1-8(2)4-9(5-12-9)3-6(13-8)7(10)11/h6H,3-5H2,1-2H3,(H,10,11)/t6-,9+/m0/s1. The highest BCUT2D eigenvalue weighted by molar-refractivity contribution is 5.72. The Bertz CT molecular complexity index is 236. The van der Waals surface area contributed by atoms with E-state index in [1.807, 2.05) is 13.8 Å². The molecule has 0 aliphatic carbocycles. The van der Waals surface area contributed by atoms with Gasteiger partial charge in [-0.1, -0.05) is 0 Å². The Balaban J connectivity index is 2.12. The highest BCUT2D eigenvalue weighted by Gasteiger charge is 2.55. The van der Waals surface area contributed by atoms with Crippen LogP contribution < -0.4 is 0 Å². The third-order valence-corrected chi connectivity index (χ3v) is 2.59. The van der Waals surface area contributed by atoms with E-state index in [0.29, 0.717) is 13.0 Å². The topological polar surface area (TPSA) is 59.1 Å². The molecule has 4 nitrogen and oxygen atoms in total. The minimum atomic E-state index is -0.886. The number of hydrogen-bond acceptors (Lipinski definition) is 3. The van der Waals surface area contributed by atoms with Gasteiger partial charge in [-0.25, -0.2) is 4.79 Å². The Hall–Kier alpha value is -0.610. The van der Waals surface area contributed by atoms with Gasteiger partial charge in [0.25, 0.3) is 0 Å². The SMILES string of the molecule is CC1(C)C[C@@]2(CO2)C[C@@H](C(=O)O)O1. The lowest BCUT2D eigenvalue weighted by Gasteiger charge is -2.37. The van der Waals surface area contributed by atoms with Crippen molar-refractivity contribution in [2.45, 2.75) is 44.0 Å². The molecule has 74 valence electrons. The van der Waals surface area contributed by atoms with Crippen molar-refractivity contribution in [1.82, 2.24) is 0 Å². The summed E-state index contributed by atoms with van der Waals surface area (Å²) in [5.41, 5.74) is -0.567. The average Bonchev–Trinajstić information content (AvgIpc) is 2.64. The Kier molecular flexibility index (Phi) is 1.69. The highest BCUT2D eigenvalue weighted by atomic mass is 16.6. The smallest absolute Gasteiger partial charge is 0.332 e. The van der Waals surface area contributed by atoms with E-state index >= 15 is 0 Å². The molecule has 2 aliphatic heterocycles. The second-order valence-electron chi connectivity index (χ2n) is 4.56. The van der Waals surface area contributed by atoms with Gasteiger partial charge in [0.2, 0.25) is 0 Å². The Morgan fingerprint density at radius 3 is 2.62 bits per heavy atom. The molecule has 0 unspecified atom stereocenters. The average molecular weight is 186 g/mol. The van der Waals surface area contributed by atoms with Gasteiger partial charge >= 0.3 is 5.97 Å². The van der Waals surface area contributed by atoms with Crippen molar-refractivity contribution in [3.05, 3.63) is 0 Å². The van der Waals surface area contributed by atoms with Gasteiger partial charge in [-0.05, 0) is 13.8 Å². The van der Waals surface area contributed by atoms with Gasteiger partial charge in [0.1, 0.15) is 0 Å².